The van der Waals surface area contributed by atoms with Gasteiger partial charge in [0.1, 0.15) is 5.65 Å². The average Bonchev–Trinajstić information content (AvgIpc) is 3.30. The molecule has 37 heavy (non-hydrogen) atoms. The number of hydrogen-bond acceptors (Lipinski definition) is 7. The molecule has 2 aromatic heterocycles. The summed E-state index contributed by atoms with van der Waals surface area (Å²) in [6.45, 7) is 4.64. The summed E-state index contributed by atoms with van der Waals surface area (Å²) in [4.78, 5) is 20.8. The van der Waals surface area contributed by atoms with Gasteiger partial charge < -0.3 is 29.2 Å². The SMILES string of the molecule is COc1cc(C(=O)Nc2ccccc2-c2nc3ccccn3c2CN2CCNCC2)cc(OC)c1OC. The number of methoxy groups -OCH3 is 3. The van der Waals surface area contributed by atoms with Crippen molar-refractivity contribution >= 4 is 17.2 Å². The van der Waals surface area contributed by atoms with Crippen LogP contribution in [-0.2, 0) is 6.54 Å². The van der Waals surface area contributed by atoms with Gasteiger partial charge in [-0.25, -0.2) is 4.98 Å². The van der Waals surface area contributed by atoms with Crippen LogP contribution in [0.2, 0.25) is 0 Å². The first-order valence-electron chi connectivity index (χ1n) is 12.2. The molecule has 1 fully saturated rings. The van der Waals surface area contributed by atoms with E-state index in [4.69, 9.17) is 19.2 Å². The largest absolute Gasteiger partial charge is 0.493 e. The highest BCUT2D eigenvalue weighted by atomic mass is 16.5. The van der Waals surface area contributed by atoms with Crippen molar-refractivity contribution in [2.75, 3.05) is 52.8 Å². The Balaban J connectivity index is 1.52. The van der Waals surface area contributed by atoms with Gasteiger partial charge in [-0.3, -0.25) is 9.69 Å². The molecule has 1 aliphatic rings. The summed E-state index contributed by atoms with van der Waals surface area (Å²) >= 11 is 0. The van der Waals surface area contributed by atoms with Crippen LogP contribution in [0.4, 0.5) is 5.69 Å². The lowest BCUT2D eigenvalue weighted by molar-refractivity contribution is 0.102. The molecule has 2 aromatic carbocycles. The average molecular weight is 502 g/mol. The van der Waals surface area contributed by atoms with Crippen LogP contribution in [0.5, 0.6) is 17.2 Å². The van der Waals surface area contributed by atoms with Crippen molar-refractivity contribution in [3.63, 3.8) is 0 Å². The van der Waals surface area contributed by atoms with Gasteiger partial charge in [-0.2, -0.15) is 0 Å². The maximum absolute atomic E-state index is 13.4. The second-order valence-electron chi connectivity index (χ2n) is 8.78. The molecule has 9 heteroatoms. The number of imidazole rings is 1. The van der Waals surface area contributed by atoms with Crippen LogP contribution in [-0.4, -0.2) is 67.7 Å². The van der Waals surface area contributed by atoms with Gasteiger partial charge in [0.05, 0.1) is 38.4 Å². The van der Waals surface area contributed by atoms with E-state index in [-0.39, 0.29) is 5.91 Å². The zero-order chi connectivity index (χ0) is 25.8. The molecular weight excluding hydrogens is 470 g/mol. The molecule has 1 aliphatic heterocycles. The number of aromatic nitrogens is 2. The van der Waals surface area contributed by atoms with Crippen LogP contribution in [0, 0.1) is 0 Å². The number of carbonyl (C=O) groups is 1. The third-order valence-electron chi connectivity index (χ3n) is 6.57. The van der Waals surface area contributed by atoms with E-state index in [9.17, 15) is 4.79 Å². The third-order valence-corrected chi connectivity index (χ3v) is 6.57. The molecule has 2 N–H and O–H groups in total. The van der Waals surface area contributed by atoms with Crippen LogP contribution in [0.25, 0.3) is 16.9 Å². The maximum Gasteiger partial charge on any atom is 0.255 e. The molecule has 0 saturated carbocycles. The fourth-order valence-corrected chi connectivity index (χ4v) is 4.70. The number of carbonyl (C=O) groups excluding carboxylic acids is 1. The van der Waals surface area contributed by atoms with E-state index in [1.807, 2.05) is 48.7 Å². The van der Waals surface area contributed by atoms with Gasteiger partial charge >= 0.3 is 0 Å². The molecule has 3 heterocycles. The third kappa shape index (κ3) is 4.96. The van der Waals surface area contributed by atoms with Crippen molar-refractivity contribution < 1.29 is 19.0 Å². The van der Waals surface area contributed by atoms with Crippen LogP contribution >= 0.6 is 0 Å². The Morgan fingerprint density at radius 1 is 0.973 bits per heavy atom. The molecule has 0 unspecified atom stereocenters. The van der Waals surface area contributed by atoms with E-state index < -0.39 is 0 Å². The first-order chi connectivity index (χ1) is 18.1. The summed E-state index contributed by atoms with van der Waals surface area (Å²) in [5.41, 5.74) is 4.73. The van der Waals surface area contributed by atoms with E-state index in [1.54, 1.807) is 12.1 Å². The summed E-state index contributed by atoms with van der Waals surface area (Å²) in [5, 5.41) is 6.49. The van der Waals surface area contributed by atoms with Gasteiger partial charge in [0.15, 0.2) is 11.5 Å². The molecule has 0 radical (unpaired) electrons. The minimum atomic E-state index is -0.292. The minimum Gasteiger partial charge on any atom is -0.493 e. The van der Waals surface area contributed by atoms with Crippen LogP contribution in [0.1, 0.15) is 16.1 Å². The number of hydrogen-bond donors (Lipinski definition) is 2. The van der Waals surface area contributed by atoms with E-state index in [0.717, 1.165) is 55.3 Å². The number of nitrogens with one attached hydrogen (secondary N) is 2. The van der Waals surface area contributed by atoms with Crippen molar-refractivity contribution in [1.29, 1.82) is 0 Å². The molecule has 0 aliphatic carbocycles. The number of pyridine rings is 1. The molecule has 0 spiro atoms. The Morgan fingerprint density at radius 3 is 2.38 bits per heavy atom. The van der Waals surface area contributed by atoms with Gasteiger partial charge in [-0.05, 0) is 30.3 Å². The van der Waals surface area contributed by atoms with Gasteiger partial charge in [0.2, 0.25) is 5.75 Å². The molecule has 5 rings (SSSR count). The number of para-hydroxylation sites is 1. The van der Waals surface area contributed by atoms with Crippen LogP contribution in [0.3, 0.4) is 0 Å². The highest BCUT2D eigenvalue weighted by molar-refractivity contribution is 6.07. The molecular formula is C28H31N5O4. The second kappa shape index (κ2) is 10.9. The zero-order valence-corrected chi connectivity index (χ0v) is 21.3. The lowest BCUT2D eigenvalue weighted by Crippen LogP contribution is -2.43. The van der Waals surface area contributed by atoms with Crippen molar-refractivity contribution in [2.24, 2.45) is 0 Å². The number of amides is 1. The first kappa shape index (κ1) is 24.6. The quantitative estimate of drug-likeness (QED) is 0.381. The summed E-state index contributed by atoms with van der Waals surface area (Å²) in [6, 6.07) is 17.0. The lowest BCUT2D eigenvalue weighted by Gasteiger charge is -2.27. The Morgan fingerprint density at radius 2 is 1.68 bits per heavy atom. The summed E-state index contributed by atoms with van der Waals surface area (Å²) in [6.07, 6.45) is 2.04. The van der Waals surface area contributed by atoms with Crippen molar-refractivity contribution in [3.8, 4) is 28.5 Å². The van der Waals surface area contributed by atoms with Gasteiger partial charge in [-0.15, -0.1) is 0 Å². The zero-order valence-electron chi connectivity index (χ0n) is 21.3. The first-order valence-corrected chi connectivity index (χ1v) is 12.2. The second-order valence-corrected chi connectivity index (χ2v) is 8.78. The van der Waals surface area contributed by atoms with E-state index in [2.05, 4.69) is 19.9 Å². The van der Waals surface area contributed by atoms with E-state index in [0.29, 0.717) is 28.5 Å². The Bertz CT molecular complexity index is 1390. The maximum atomic E-state index is 13.4. The summed E-state index contributed by atoms with van der Waals surface area (Å²) in [7, 11) is 4.58. The number of ether oxygens (including phenoxy) is 3. The van der Waals surface area contributed by atoms with Gasteiger partial charge in [-0.1, -0.05) is 24.3 Å². The number of nitrogens with zero attached hydrogens (tertiary/aromatic N) is 3. The number of benzene rings is 2. The van der Waals surface area contributed by atoms with Gasteiger partial charge in [0, 0.05) is 50.0 Å². The number of fused-ring (bicyclic) bond motifs is 1. The summed E-state index contributed by atoms with van der Waals surface area (Å²) in [5.74, 6) is 0.973. The standard InChI is InChI=1S/C28H31N5O4/c1-35-23-16-19(17-24(36-2)27(23)37-3)28(34)30-21-9-5-4-8-20(21)26-22(18-32-14-11-29-12-15-32)33-13-7-6-10-25(33)31-26/h4-10,13,16-17,29H,11-12,14-15,18H2,1-3H3,(H,30,34). The normalized spacial score (nSPS) is 13.9. The minimum absolute atomic E-state index is 0.292. The molecule has 9 nitrogen and oxygen atoms in total. The molecule has 4 aromatic rings. The van der Waals surface area contributed by atoms with E-state index in [1.165, 1.54) is 21.3 Å². The number of piperazine rings is 1. The predicted octanol–water partition coefficient (Wildman–Crippen LogP) is 3.68. The monoisotopic (exact) mass is 501 g/mol. The van der Waals surface area contributed by atoms with Crippen LogP contribution in [0.15, 0.2) is 60.8 Å². The lowest BCUT2D eigenvalue weighted by atomic mass is 10.1. The van der Waals surface area contributed by atoms with E-state index >= 15 is 0 Å². The Kier molecular flexibility index (Phi) is 7.25. The molecule has 1 saturated heterocycles. The molecule has 0 atom stereocenters. The Hall–Kier alpha value is -4.08. The number of anilines is 1. The van der Waals surface area contributed by atoms with Crippen LogP contribution < -0.4 is 24.8 Å². The number of rotatable bonds is 8. The van der Waals surface area contributed by atoms with Crippen molar-refractivity contribution in [2.45, 2.75) is 6.54 Å². The topological polar surface area (TPSA) is 89.4 Å². The predicted molar refractivity (Wildman–Crippen MR) is 143 cm³/mol. The molecule has 1 amide bonds. The van der Waals surface area contributed by atoms with Crippen molar-refractivity contribution in [3.05, 3.63) is 72.1 Å². The fraction of sp³-hybridized carbons (Fsp3) is 0.286. The summed E-state index contributed by atoms with van der Waals surface area (Å²) < 4.78 is 18.4. The molecule has 192 valence electrons. The van der Waals surface area contributed by atoms with Gasteiger partial charge in [0.25, 0.3) is 5.91 Å². The van der Waals surface area contributed by atoms with Crippen molar-refractivity contribution in [1.82, 2.24) is 19.6 Å². The fourth-order valence-electron chi connectivity index (χ4n) is 4.70. The smallest absolute Gasteiger partial charge is 0.255 e. The highest BCUT2D eigenvalue weighted by Crippen LogP contribution is 2.39. The molecule has 0 bridgehead atoms. The highest BCUT2D eigenvalue weighted by Gasteiger charge is 2.22. The Labute approximate surface area is 216 Å².